The van der Waals surface area contributed by atoms with Crippen molar-refractivity contribution >= 4 is 6.03 Å². The van der Waals surface area contributed by atoms with Gasteiger partial charge in [-0.2, -0.15) is 0 Å². The number of nitrogens with one attached hydrogen (secondary N) is 1. The summed E-state index contributed by atoms with van der Waals surface area (Å²) < 4.78 is 0. The predicted octanol–water partition coefficient (Wildman–Crippen LogP) is 2.45. The van der Waals surface area contributed by atoms with Crippen molar-refractivity contribution in [3.63, 3.8) is 0 Å². The number of nitrogens with zero attached hydrogens (tertiary/aromatic N) is 2. The molecule has 20 heavy (non-hydrogen) atoms. The van der Waals surface area contributed by atoms with Gasteiger partial charge in [-0.25, -0.2) is 4.79 Å². The Morgan fingerprint density at radius 3 is 2.70 bits per heavy atom. The lowest BCUT2D eigenvalue weighted by Crippen LogP contribution is -2.66. The molecule has 3 fully saturated rings. The van der Waals surface area contributed by atoms with Crippen LogP contribution in [0, 0.1) is 5.92 Å². The maximum Gasteiger partial charge on any atom is 0.320 e. The molecule has 2 aliphatic heterocycles. The molecule has 3 rings (SSSR count). The number of carbonyl (C=O) groups is 1. The fourth-order valence-electron chi connectivity index (χ4n) is 4.33. The van der Waals surface area contributed by atoms with Crippen molar-refractivity contribution < 1.29 is 4.79 Å². The van der Waals surface area contributed by atoms with E-state index < -0.39 is 0 Å². The number of carbonyl (C=O) groups excluding carboxylic acids is 1. The van der Waals surface area contributed by atoms with E-state index in [2.05, 4.69) is 22.0 Å². The van der Waals surface area contributed by atoms with Gasteiger partial charge in [0.1, 0.15) is 0 Å². The highest BCUT2D eigenvalue weighted by Gasteiger charge is 2.43. The molecule has 4 heteroatoms. The molecule has 0 aromatic carbocycles. The topological polar surface area (TPSA) is 35.6 Å². The highest BCUT2D eigenvalue weighted by Crippen LogP contribution is 2.35. The van der Waals surface area contributed by atoms with E-state index in [9.17, 15) is 4.79 Å². The standard InChI is InChI=1S/C16H29N3O/c1-14-6-5-10-18(12-14)15(20)19-11-9-17-13-16(19)7-3-2-4-8-16/h14,17H,2-13H2,1H3. The van der Waals surface area contributed by atoms with E-state index in [-0.39, 0.29) is 5.54 Å². The van der Waals surface area contributed by atoms with Gasteiger partial charge in [-0.05, 0) is 31.6 Å². The van der Waals surface area contributed by atoms with E-state index in [4.69, 9.17) is 0 Å². The number of piperazine rings is 1. The molecular weight excluding hydrogens is 250 g/mol. The summed E-state index contributed by atoms with van der Waals surface area (Å²) in [5.74, 6) is 0.665. The van der Waals surface area contributed by atoms with Gasteiger partial charge >= 0.3 is 6.03 Å². The maximum absolute atomic E-state index is 13.0. The lowest BCUT2D eigenvalue weighted by molar-refractivity contribution is 0.0336. The minimum Gasteiger partial charge on any atom is -0.324 e. The first kappa shape index (κ1) is 14.2. The zero-order valence-electron chi connectivity index (χ0n) is 12.9. The summed E-state index contributed by atoms with van der Waals surface area (Å²) in [6.45, 7) is 7.04. The molecule has 0 radical (unpaired) electrons. The monoisotopic (exact) mass is 279 g/mol. The van der Waals surface area contributed by atoms with Gasteiger partial charge in [-0.3, -0.25) is 0 Å². The minimum atomic E-state index is 0.119. The Hall–Kier alpha value is -0.770. The molecule has 1 atom stereocenters. The van der Waals surface area contributed by atoms with Crippen LogP contribution in [0.4, 0.5) is 4.79 Å². The summed E-state index contributed by atoms with van der Waals surface area (Å²) in [7, 11) is 0. The van der Waals surface area contributed by atoms with Crippen molar-refractivity contribution in [2.75, 3.05) is 32.7 Å². The summed E-state index contributed by atoms with van der Waals surface area (Å²) in [4.78, 5) is 17.4. The molecule has 3 aliphatic rings. The normalized spacial score (nSPS) is 30.6. The van der Waals surface area contributed by atoms with E-state index in [1.54, 1.807) is 0 Å². The van der Waals surface area contributed by atoms with Crippen LogP contribution >= 0.6 is 0 Å². The molecule has 0 bridgehead atoms. The number of likely N-dealkylation sites (tertiary alicyclic amines) is 1. The Labute approximate surface area is 122 Å². The third-order valence-corrected chi connectivity index (χ3v) is 5.48. The third kappa shape index (κ3) is 2.67. The molecule has 2 saturated heterocycles. The quantitative estimate of drug-likeness (QED) is 0.739. The van der Waals surface area contributed by atoms with Crippen LogP contribution in [0.15, 0.2) is 0 Å². The van der Waals surface area contributed by atoms with Crippen LogP contribution in [0.5, 0.6) is 0 Å². The Bertz CT molecular complexity index is 343. The first-order valence-electron chi connectivity index (χ1n) is 8.49. The van der Waals surface area contributed by atoms with E-state index >= 15 is 0 Å². The zero-order valence-corrected chi connectivity index (χ0v) is 12.9. The highest BCUT2D eigenvalue weighted by atomic mass is 16.2. The van der Waals surface area contributed by atoms with Gasteiger partial charge in [-0.1, -0.05) is 26.2 Å². The number of rotatable bonds is 0. The van der Waals surface area contributed by atoms with Gasteiger partial charge < -0.3 is 15.1 Å². The Morgan fingerprint density at radius 1 is 1.15 bits per heavy atom. The predicted molar refractivity (Wildman–Crippen MR) is 80.8 cm³/mol. The lowest BCUT2D eigenvalue weighted by atomic mass is 9.79. The van der Waals surface area contributed by atoms with Crippen LogP contribution in [0.25, 0.3) is 0 Å². The van der Waals surface area contributed by atoms with Crippen LogP contribution in [0.2, 0.25) is 0 Å². The highest BCUT2D eigenvalue weighted by molar-refractivity contribution is 5.75. The summed E-state index contributed by atoms with van der Waals surface area (Å²) in [5, 5.41) is 3.53. The Kier molecular flexibility index (Phi) is 4.20. The molecule has 114 valence electrons. The number of hydrogen-bond donors (Lipinski definition) is 1. The van der Waals surface area contributed by atoms with Gasteiger partial charge in [-0.15, -0.1) is 0 Å². The molecule has 1 saturated carbocycles. The van der Waals surface area contributed by atoms with Gasteiger partial charge in [0.25, 0.3) is 0 Å². The third-order valence-electron chi connectivity index (χ3n) is 5.48. The van der Waals surface area contributed by atoms with E-state index in [1.807, 2.05) is 0 Å². The maximum atomic E-state index is 13.0. The molecule has 1 spiro atoms. The van der Waals surface area contributed by atoms with Crippen molar-refractivity contribution in [1.82, 2.24) is 15.1 Å². The van der Waals surface area contributed by atoms with E-state index in [0.717, 1.165) is 32.7 Å². The van der Waals surface area contributed by atoms with E-state index in [0.29, 0.717) is 11.9 Å². The largest absolute Gasteiger partial charge is 0.324 e. The van der Waals surface area contributed by atoms with Crippen LogP contribution in [0.3, 0.4) is 0 Å². The molecule has 1 aliphatic carbocycles. The van der Waals surface area contributed by atoms with Crippen LogP contribution in [-0.4, -0.2) is 54.1 Å². The smallest absolute Gasteiger partial charge is 0.320 e. The number of hydrogen-bond acceptors (Lipinski definition) is 2. The molecule has 2 heterocycles. The van der Waals surface area contributed by atoms with Crippen molar-refractivity contribution in [2.24, 2.45) is 5.92 Å². The number of urea groups is 1. The molecule has 1 N–H and O–H groups in total. The SMILES string of the molecule is CC1CCCN(C(=O)N2CCNCC23CCCCC3)C1. The second kappa shape index (κ2) is 5.92. The van der Waals surface area contributed by atoms with Crippen molar-refractivity contribution in [2.45, 2.75) is 57.4 Å². The van der Waals surface area contributed by atoms with Crippen LogP contribution < -0.4 is 5.32 Å². The van der Waals surface area contributed by atoms with Crippen molar-refractivity contribution in [1.29, 1.82) is 0 Å². The summed E-state index contributed by atoms with van der Waals surface area (Å²) in [5.41, 5.74) is 0.119. The average Bonchev–Trinajstić information content (AvgIpc) is 2.48. The first-order chi connectivity index (χ1) is 9.71. The van der Waals surface area contributed by atoms with Gasteiger partial charge in [0.2, 0.25) is 0 Å². The fraction of sp³-hybridized carbons (Fsp3) is 0.938. The Balaban J connectivity index is 1.73. The molecule has 0 aromatic heterocycles. The average molecular weight is 279 g/mol. The second-order valence-corrected chi connectivity index (χ2v) is 7.09. The summed E-state index contributed by atoms with van der Waals surface area (Å²) >= 11 is 0. The molecule has 1 unspecified atom stereocenters. The molecule has 2 amide bonds. The molecule has 0 aromatic rings. The lowest BCUT2D eigenvalue weighted by Gasteiger charge is -2.51. The van der Waals surface area contributed by atoms with Crippen LogP contribution in [-0.2, 0) is 0 Å². The summed E-state index contributed by atoms with van der Waals surface area (Å²) in [6, 6.07) is 0.319. The second-order valence-electron chi connectivity index (χ2n) is 7.09. The van der Waals surface area contributed by atoms with E-state index in [1.165, 1.54) is 44.9 Å². The number of amides is 2. The Morgan fingerprint density at radius 2 is 1.95 bits per heavy atom. The van der Waals surface area contributed by atoms with Crippen molar-refractivity contribution in [3.05, 3.63) is 0 Å². The molecule has 4 nitrogen and oxygen atoms in total. The minimum absolute atomic E-state index is 0.119. The zero-order chi connectivity index (χ0) is 14.0. The first-order valence-corrected chi connectivity index (χ1v) is 8.49. The van der Waals surface area contributed by atoms with Crippen LogP contribution in [0.1, 0.15) is 51.9 Å². The van der Waals surface area contributed by atoms with Gasteiger partial charge in [0, 0.05) is 32.7 Å². The fourth-order valence-corrected chi connectivity index (χ4v) is 4.33. The van der Waals surface area contributed by atoms with Gasteiger partial charge in [0.05, 0.1) is 5.54 Å². The summed E-state index contributed by atoms with van der Waals surface area (Å²) in [6.07, 6.45) is 8.72. The van der Waals surface area contributed by atoms with Gasteiger partial charge in [0.15, 0.2) is 0 Å². The van der Waals surface area contributed by atoms with Crippen molar-refractivity contribution in [3.8, 4) is 0 Å². The molecular formula is C16H29N3O. The number of piperidine rings is 1.